The number of benzene rings is 8. The Hall–Kier alpha value is -4.88. The number of para-hydroxylation sites is 1. The Morgan fingerprint density at radius 2 is 0.865 bits per heavy atom. The van der Waals surface area contributed by atoms with Gasteiger partial charge < -0.3 is 4.90 Å². The first-order valence-electron chi connectivity index (χ1n) is 12.8. The Labute approximate surface area is 215 Å². The Balaban J connectivity index is 1.52. The highest BCUT2D eigenvalue weighted by Gasteiger charge is 2.19. The Kier molecular flexibility index (Phi) is 4.29. The lowest BCUT2D eigenvalue weighted by Crippen LogP contribution is -2.10. The molecule has 0 atom stereocenters. The molecule has 8 aromatic carbocycles. The molecule has 0 fully saturated rings. The second kappa shape index (κ2) is 7.81. The van der Waals surface area contributed by atoms with Crippen molar-refractivity contribution in [2.24, 2.45) is 0 Å². The maximum absolute atomic E-state index is 2.41. The van der Waals surface area contributed by atoms with Crippen LogP contribution in [0.1, 0.15) is 0 Å². The average molecular weight is 470 g/mol. The SMILES string of the molecule is c1ccc(N(c2cc3cccc4c5cccc6cccc(c(c2)c34)c65)c2cccc3ccccc23)cc1. The van der Waals surface area contributed by atoms with E-state index in [1.165, 1.54) is 65.2 Å². The molecule has 0 bridgehead atoms. The van der Waals surface area contributed by atoms with Gasteiger partial charge in [-0.15, -0.1) is 0 Å². The molecule has 1 heteroatoms. The summed E-state index contributed by atoms with van der Waals surface area (Å²) in [6.07, 6.45) is 0. The molecule has 0 spiro atoms. The molecule has 1 nitrogen and oxygen atoms in total. The van der Waals surface area contributed by atoms with Crippen molar-refractivity contribution in [3.63, 3.8) is 0 Å². The Morgan fingerprint density at radius 1 is 0.324 bits per heavy atom. The van der Waals surface area contributed by atoms with E-state index in [1.54, 1.807) is 0 Å². The number of anilines is 3. The monoisotopic (exact) mass is 469 g/mol. The summed E-state index contributed by atoms with van der Waals surface area (Å²) in [6, 6.07) is 50.8. The van der Waals surface area contributed by atoms with E-state index < -0.39 is 0 Å². The molecule has 0 amide bonds. The molecule has 0 aliphatic rings. The van der Waals surface area contributed by atoms with Gasteiger partial charge in [-0.25, -0.2) is 0 Å². The van der Waals surface area contributed by atoms with Crippen LogP contribution in [-0.2, 0) is 0 Å². The van der Waals surface area contributed by atoms with Gasteiger partial charge in [-0.1, -0.05) is 109 Å². The third-order valence-electron chi connectivity index (χ3n) is 7.73. The minimum atomic E-state index is 1.15. The van der Waals surface area contributed by atoms with Crippen LogP contribution in [-0.4, -0.2) is 0 Å². The summed E-state index contributed by atoms with van der Waals surface area (Å²) in [5, 5.41) is 13.0. The normalized spacial score (nSPS) is 11.8. The van der Waals surface area contributed by atoms with Crippen molar-refractivity contribution >= 4 is 70.9 Å². The second-order valence-electron chi connectivity index (χ2n) is 9.78. The highest BCUT2D eigenvalue weighted by atomic mass is 15.1. The van der Waals surface area contributed by atoms with Crippen LogP contribution >= 0.6 is 0 Å². The van der Waals surface area contributed by atoms with Gasteiger partial charge in [0.05, 0.1) is 5.69 Å². The maximum Gasteiger partial charge on any atom is 0.0540 e. The standard InChI is InChI=1S/C36H23N/c1-2-15-27(16-3-1)37(34-21-9-11-24-10-4-5-17-29(24)34)28-22-26-14-8-19-31-30-18-6-12-25-13-7-20-32(35(25)30)33(23-28)36(26)31/h1-23H. The molecule has 0 radical (unpaired) electrons. The third-order valence-corrected chi connectivity index (χ3v) is 7.73. The molecular formula is C36H23N. The Morgan fingerprint density at radius 3 is 1.65 bits per heavy atom. The van der Waals surface area contributed by atoms with Crippen molar-refractivity contribution in [2.75, 3.05) is 4.90 Å². The molecule has 0 aromatic heterocycles. The lowest BCUT2D eigenvalue weighted by atomic mass is 9.89. The van der Waals surface area contributed by atoms with Crippen molar-refractivity contribution in [1.82, 2.24) is 0 Å². The summed E-state index contributed by atoms with van der Waals surface area (Å²) in [6.45, 7) is 0. The first-order valence-corrected chi connectivity index (χ1v) is 12.8. The van der Waals surface area contributed by atoms with E-state index in [4.69, 9.17) is 0 Å². The highest BCUT2D eigenvalue weighted by Crippen LogP contribution is 2.45. The van der Waals surface area contributed by atoms with Gasteiger partial charge in [-0.2, -0.15) is 0 Å². The van der Waals surface area contributed by atoms with E-state index in [1.807, 2.05) is 0 Å². The van der Waals surface area contributed by atoms with Gasteiger partial charge in [0.1, 0.15) is 0 Å². The largest absolute Gasteiger partial charge is 0.310 e. The first kappa shape index (κ1) is 20.3. The van der Waals surface area contributed by atoms with Gasteiger partial charge in [0.25, 0.3) is 0 Å². The summed E-state index contributed by atoms with van der Waals surface area (Å²) in [7, 11) is 0. The molecule has 8 rings (SSSR count). The number of hydrogen-bond donors (Lipinski definition) is 0. The zero-order chi connectivity index (χ0) is 24.3. The first-order chi connectivity index (χ1) is 18.4. The predicted molar refractivity (Wildman–Crippen MR) is 160 cm³/mol. The number of rotatable bonds is 3. The van der Waals surface area contributed by atoms with Crippen molar-refractivity contribution in [3.8, 4) is 0 Å². The highest BCUT2D eigenvalue weighted by molar-refractivity contribution is 6.33. The van der Waals surface area contributed by atoms with Crippen molar-refractivity contribution in [1.29, 1.82) is 0 Å². The van der Waals surface area contributed by atoms with E-state index in [0.29, 0.717) is 0 Å². The van der Waals surface area contributed by atoms with Gasteiger partial charge in [-0.3, -0.25) is 0 Å². The quantitative estimate of drug-likeness (QED) is 0.184. The molecule has 172 valence electrons. The summed E-state index contributed by atoms with van der Waals surface area (Å²) in [5.41, 5.74) is 3.50. The summed E-state index contributed by atoms with van der Waals surface area (Å²) in [4.78, 5) is 2.41. The van der Waals surface area contributed by atoms with Gasteiger partial charge in [-0.05, 0) is 78.8 Å². The van der Waals surface area contributed by atoms with E-state index in [0.717, 1.165) is 5.69 Å². The summed E-state index contributed by atoms with van der Waals surface area (Å²) >= 11 is 0. The molecular weight excluding hydrogens is 446 g/mol. The van der Waals surface area contributed by atoms with E-state index >= 15 is 0 Å². The van der Waals surface area contributed by atoms with Crippen LogP contribution < -0.4 is 4.90 Å². The van der Waals surface area contributed by atoms with E-state index in [-0.39, 0.29) is 0 Å². The molecule has 0 unspecified atom stereocenters. The topological polar surface area (TPSA) is 3.24 Å². The van der Waals surface area contributed by atoms with Crippen molar-refractivity contribution < 1.29 is 0 Å². The molecule has 8 aromatic rings. The predicted octanol–water partition coefficient (Wildman–Crippen LogP) is 10.4. The lowest BCUT2D eigenvalue weighted by molar-refractivity contribution is 1.31. The van der Waals surface area contributed by atoms with Gasteiger partial charge in [0.15, 0.2) is 0 Å². The fraction of sp³-hybridized carbons (Fsp3) is 0. The average Bonchev–Trinajstić information content (AvgIpc) is 2.96. The van der Waals surface area contributed by atoms with Crippen LogP contribution in [0.4, 0.5) is 17.1 Å². The number of hydrogen-bond acceptors (Lipinski definition) is 1. The minimum absolute atomic E-state index is 1.15. The van der Waals surface area contributed by atoms with Crippen LogP contribution in [0.15, 0.2) is 140 Å². The minimum Gasteiger partial charge on any atom is -0.310 e. The molecule has 0 aliphatic carbocycles. The molecule has 0 heterocycles. The van der Waals surface area contributed by atoms with Crippen LogP contribution in [0.3, 0.4) is 0 Å². The third kappa shape index (κ3) is 2.98. The van der Waals surface area contributed by atoms with Crippen LogP contribution in [0.5, 0.6) is 0 Å². The zero-order valence-electron chi connectivity index (χ0n) is 20.2. The molecule has 0 N–H and O–H groups in total. The smallest absolute Gasteiger partial charge is 0.0540 e. The summed E-state index contributed by atoms with van der Waals surface area (Å²) in [5.74, 6) is 0. The van der Waals surface area contributed by atoms with E-state index in [2.05, 4.69) is 144 Å². The molecule has 37 heavy (non-hydrogen) atoms. The number of fused-ring (bicyclic) bond motifs is 3. The number of nitrogens with zero attached hydrogens (tertiary/aromatic N) is 1. The van der Waals surface area contributed by atoms with Gasteiger partial charge >= 0.3 is 0 Å². The van der Waals surface area contributed by atoms with Crippen molar-refractivity contribution in [2.45, 2.75) is 0 Å². The van der Waals surface area contributed by atoms with Gasteiger partial charge in [0.2, 0.25) is 0 Å². The second-order valence-corrected chi connectivity index (χ2v) is 9.78. The van der Waals surface area contributed by atoms with Crippen molar-refractivity contribution in [3.05, 3.63) is 140 Å². The molecule has 0 aliphatic heterocycles. The lowest BCUT2D eigenvalue weighted by Gasteiger charge is -2.28. The maximum atomic E-state index is 2.41. The molecule has 0 saturated heterocycles. The van der Waals surface area contributed by atoms with Crippen LogP contribution in [0.2, 0.25) is 0 Å². The zero-order valence-corrected chi connectivity index (χ0v) is 20.2. The van der Waals surface area contributed by atoms with Gasteiger partial charge in [0, 0.05) is 16.8 Å². The fourth-order valence-corrected chi connectivity index (χ4v) is 6.18. The van der Waals surface area contributed by atoms with Crippen LogP contribution in [0, 0.1) is 0 Å². The van der Waals surface area contributed by atoms with Crippen LogP contribution in [0.25, 0.3) is 53.9 Å². The fourth-order valence-electron chi connectivity index (χ4n) is 6.18. The molecule has 0 saturated carbocycles. The summed E-state index contributed by atoms with van der Waals surface area (Å²) < 4.78 is 0. The Bertz CT molecular complexity index is 2080. The van der Waals surface area contributed by atoms with E-state index in [9.17, 15) is 0 Å².